The third-order valence-corrected chi connectivity index (χ3v) is 5.24. The summed E-state index contributed by atoms with van der Waals surface area (Å²) in [7, 11) is 0. The number of carbonyl (C=O) groups excluding carboxylic acids is 2. The maximum absolute atomic E-state index is 12.6. The van der Waals surface area contributed by atoms with Gasteiger partial charge in [0, 0.05) is 11.6 Å². The SMILES string of the molecule is CCCCn1nnnc1COC(=O)C(CCSC)NC(=O)c1ccc(Cl)cc1Cl. The number of hydrogen-bond donors (Lipinski definition) is 1. The summed E-state index contributed by atoms with van der Waals surface area (Å²) in [6, 6.07) is 3.73. The van der Waals surface area contributed by atoms with Crippen LogP contribution in [0.15, 0.2) is 18.2 Å². The van der Waals surface area contributed by atoms with E-state index in [1.165, 1.54) is 12.1 Å². The molecule has 1 unspecified atom stereocenters. The average molecular weight is 460 g/mol. The molecule has 0 saturated heterocycles. The van der Waals surface area contributed by atoms with E-state index in [1.54, 1.807) is 22.5 Å². The minimum absolute atomic E-state index is 0.0666. The van der Waals surface area contributed by atoms with Crippen molar-refractivity contribution in [2.24, 2.45) is 0 Å². The third-order valence-electron chi connectivity index (χ3n) is 4.05. The molecule has 2 aromatic rings. The fourth-order valence-corrected chi connectivity index (χ4v) is 3.40. The molecule has 158 valence electrons. The normalized spacial score (nSPS) is 11.9. The van der Waals surface area contributed by atoms with Crippen LogP contribution in [-0.4, -0.2) is 50.1 Å². The molecule has 2 rings (SSSR count). The Hall–Kier alpha value is -1.84. The summed E-state index contributed by atoms with van der Waals surface area (Å²) in [6.07, 6.45) is 4.25. The molecule has 0 fully saturated rings. The highest BCUT2D eigenvalue weighted by Crippen LogP contribution is 2.21. The molecule has 0 aliphatic carbocycles. The van der Waals surface area contributed by atoms with Gasteiger partial charge in [-0.2, -0.15) is 11.8 Å². The molecule has 1 amide bonds. The minimum atomic E-state index is -0.818. The van der Waals surface area contributed by atoms with E-state index in [1.807, 2.05) is 6.26 Å². The smallest absolute Gasteiger partial charge is 0.329 e. The molecule has 1 heterocycles. The van der Waals surface area contributed by atoms with Gasteiger partial charge in [-0.1, -0.05) is 36.5 Å². The highest BCUT2D eigenvalue weighted by Gasteiger charge is 2.24. The maximum Gasteiger partial charge on any atom is 0.329 e. The number of unbranched alkanes of at least 4 members (excludes halogenated alkanes) is 1. The minimum Gasteiger partial charge on any atom is -0.456 e. The molecular weight excluding hydrogens is 437 g/mol. The van der Waals surface area contributed by atoms with Crippen molar-refractivity contribution in [1.82, 2.24) is 25.5 Å². The molecular formula is C18H23Cl2N5O3S. The number of hydrogen-bond acceptors (Lipinski definition) is 7. The molecule has 29 heavy (non-hydrogen) atoms. The van der Waals surface area contributed by atoms with E-state index >= 15 is 0 Å². The van der Waals surface area contributed by atoms with Crippen LogP contribution >= 0.6 is 35.0 Å². The van der Waals surface area contributed by atoms with Crippen LogP contribution in [-0.2, 0) is 22.7 Å². The van der Waals surface area contributed by atoms with Crippen LogP contribution in [0.5, 0.6) is 0 Å². The highest BCUT2D eigenvalue weighted by molar-refractivity contribution is 7.98. The van der Waals surface area contributed by atoms with Crippen molar-refractivity contribution in [2.45, 2.75) is 45.4 Å². The first-order valence-electron chi connectivity index (χ1n) is 9.12. The Morgan fingerprint density at radius 2 is 2.14 bits per heavy atom. The first-order valence-corrected chi connectivity index (χ1v) is 11.3. The first-order chi connectivity index (χ1) is 14.0. The molecule has 0 bridgehead atoms. The van der Waals surface area contributed by atoms with Gasteiger partial charge in [-0.3, -0.25) is 4.79 Å². The number of tetrazole rings is 1. The number of nitrogens with zero attached hydrogens (tertiary/aromatic N) is 4. The van der Waals surface area contributed by atoms with Gasteiger partial charge in [0.25, 0.3) is 5.91 Å². The van der Waals surface area contributed by atoms with E-state index in [-0.39, 0.29) is 17.2 Å². The average Bonchev–Trinajstić information content (AvgIpc) is 3.14. The van der Waals surface area contributed by atoms with Gasteiger partial charge in [0.15, 0.2) is 12.4 Å². The van der Waals surface area contributed by atoms with Crippen LogP contribution in [0.4, 0.5) is 0 Å². The second-order valence-corrected chi connectivity index (χ2v) is 8.04. The van der Waals surface area contributed by atoms with Crippen molar-refractivity contribution in [2.75, 3.05) is 12.0 Å². The number of rotatable bonds is 11. The van der Waals surface area contributed by atoms with Crippen molar-refractivity contribution < 1.29 is 14.3 Å². The van der Waals surface area contributed by atoms with Gasteiger partial charge in [0.1, 0.15) is 6.04 Å². The Kier molecular flexibility index (Phi) is 9.69. The van der Waals surface area contributed by atoms with Crippen LogP contribution in [0, 0.1) is 0 Å². The zero-order valence-electron chi connectivity index (χ0n) is 16.2. The summed E-state index contributed by atoms with van der Waals surface area (Å²) < 4.78 is 6.98. The predicted molar refractivity (Wildman–Crippen MR) is 113 cm³/mol. The standard InChI is InChI=1S/C18H23Cl2N5O3S/c1-3-4-8-25-16(22-23-24-25)11-28-18(27)15(7-9-29-2)21-17(26)13-6-5-12(19)10-14(13)20/h5-6,10,15H,3-4,7-9,11H2,1-2H3,(H,21,26). The topological polar surface area (TPSA) is 99.0 Å². The number of esters is 1. The van der Waals surface area contributed by atoms with Gasteiger partial charge in [0.2, 0.25) is 0 Å². The van der Waals surface area contributed by atoms with E-state index in [2.05, 4.69) is 27.8 Å². The van der Waals surface area contributed by atoms with Gasteiger partial charge in [-0.05, 0) is 53.5 Å². The summed E-state index contributed by atoms with van der Waals surface area (Å²) in [6.45, 7) is 2.65. The van der Waals surface area contributed by atoms with Crippen LogP contribution in [0.3, 0.4) is 0 Å². The van der Waals surface area contributed by atoms with Gasteiger partial charge >= 0.3 is 5.97 Å². The molecule has 0 aliphatic heterocycles. The lowest BCUT2D eigenvalue weighted by molar-refractivity contribution is -0.147. The Bertz CT molecular complexity index is 834. The Morgan fingerprint density at radius 3 is 2.83 bits per heavy atom. The number of carbonyl (C=O) groups is 2. The highest BCUT2D eigenvalue weighted by atomic mass is 35.5. The molecule has 0 radical (unpaired) electrons. The van der Waals surface area contributed by atoms with Gasteiger partial charge in [-0.15, -0.1) is 5.10 Å². The molecule has 0 spiro atoms. The number of aromatic nitrogens is 4. The summed E-state index contributed by atoms with van der Waals surface area (Å²) in [5, 5.41) is 14.7. The van der Waals surface area contributed by atoms with Crippen molar-refractivity contribution in [1.29, 1.82) is 0 Å². The van der Waals surface area contributed by atoms with E-state index in [9.17, 15) is 9.59 Å². The zero-order valence-corrected chi connectivity index (χ0v) is 18.6. The van der Waals surface area contributed by atoms with Gasteiger partial charge in [-0.25, -0.2) is 9.48 Å². The fourth-order valence-electron chi connectivity index (χ4n) is 2.44. The van der Waals surface area contributed by atoms with Crippen LogP contribution in [0.25, 0.3) is 0 Å². The molecule has 1 aromatic heterocycles. The second kappa shape index (κ2) is 12.0. The van der Waals surface area contributed by atoms with Crippen molar-refractivity contribution in [3.05, 3.63) is 39.6 Å². The number of nitrogens with one attached hydrogen (secondary N) is 1. The number of halogens is 2. The van der Waals surface area contributed by atoms with Gasteiger partial charge in [0.05, 0.1) is 10.6 Å². The summed E-state index contributed by atoms with van der Waals surface area (Å²) >= 11 is 13.5. The van der Waals surface area contributed by atoms with Crippen LogP contribution in [0.2, 0.25) is 10.0 Å². The van der Waals surface area contributed by atoms with E-state index < -0.39 is 17.9 Å². The van der Waals surface area contributed by atoms with Crippen LogP contribution < -0.4 is 5.32 Å². The number of amides is 1. The molecule has 8 nitrogen and oxygen atoms in total. The third kappa shape index (κ3) is 7.17. The molecule has 1 N–H and O–H groups in total. The number of ether oxygens (including phenoxy) is 1. The van der Waals surface area contributed by atoms with Gasteiger partial charge < -0.3 is 10.1 Å². The maximum atomic E-state index is 12.6. The van der Waals surface area contributed by atoms with E-state index in [0.717, 1.165) is 12.8 Å². The predicted octanol–water partition coefficient (Wildman–Crippen LogP) is 3.37. The Morgan fingerprint density at radius 1 is 1.34 bits per heavy atom. The number of aryl methyl sites for hydroxylation is 1. The Balaban J connectivity index is 2.02. The van der Waals surface area contributed by atoms with Crippen LogP contribution in [0.1, 0.15) is 42.4 Å². The molecule has 1 aromatic carbocycles. The summed E-state index contributed by atoms with van der Waals surface area (Å²) in [5.74, 6) is 0.107. The quantitative estimate of drug-likeness (QED) is 0.514. The number of thioether (sulfide) groups is 1. The van der Waals surface area contributed by atoms with Crippen molar-refractivity contribution in [3.8, 4) is 0 Å². The number of benzene rings is 1. The molecule has 0 saturated carbocycles. The summed E-state index contributed by atoms with van der Waals surface area (Å²) in [5.41, 5.74) is 0.238. The molecule has 1 atom stereocenters. The lowest BCUT2D eigenvalue weighted by Crippen LogP contribution is -2.42. The zero-order chi connectivity index (χ0) is 21.2. The monoisotopic (exact) mass is 459 g/mol. The fraction of sp³-hybridized carbons (Fsp3) is 0.500. The lowest BCUT2D eigenvalue weighted by Gasteiger charge is -2.17. The molecule has 11 heteroatoms. The Labute approximate surface area is 183 Å². The summed E-state index contributed by atoms with van der Waals surface area (Å²) in [4.78, 5) is 25.2. The lowest BCUT2D eigenvalue weighted by atomic mass is 10.1. The van der Waals surface area contributed by atoms with Crippen molar-refractivity contribution in [3.63, 3.8) is 0 Å². The van der Waals surface area contributed by atoms with E-state index in [0.29, 0.717) is 29.6 Å². The largest absolute Gasteiger partial charge is 0.456 e. The van der Waals surface area contributed by atoms with E-state index in [4.69, 9.17) is 27.9 Å². The second-order valence-electron chi connectivity index (χ2n) is 6.21. The first kappa shape index (κ1) is 23.4. The molecule has 0 aliphatic rings. The van der Waals surface area contributed by atoms with Crippen molar-refractivity contribution >= 4 is 46.8 Å².